The van der Waals surface area contributed by atoms with Gasteiger partial charge < -0.3 is 9.26 Å². The summed E-state index contributed by atoms with van der Waals surface area (Å²) < 4.78 is 11.6. The molecule has 0 aliphatic rings. The van der Waals surface area contributed by atoms with E-state index in [4.69, 9.17) is 20.9 Å². The third-order valence-electron chi connectivity index (χ3n) is 3.81. The molecular formula is C19H16BrClN2O3. The third-order valence-corrected chi connectivity index (χ3v) is 4.65. The topological polar surface area (TPSA) is 64.4 Å². The molecule has 0 aliphatic carbocycles. The predicted molar refractivity (Wildman–Crippen MR) is 104 cm³/mol. The summed E-state index contributed by atoms with van der Waals surface area (Å²) in [6.45, 7) is 3.48. The number of halogens is 2. The zero-order valence-electron chi connectivity index (χ0n) is 14.1. The van der Waals surface area contributed by atoms with E-state index in [9.17, 15) is 4.79 Å². The number of aromatic nitrogens is 1. The maximum absolute atomic E-state index is 12.4. The number of rotatable bonds is 4. The molecule has 0 bridgehead atoms. The monoisotopic (exact) mass is 434 g/mol. The highest BCUT2D eigenvalue weighted by molar-refractivity contribution is 9.10. The van der Waals surface area contributed by atoms with Crippen molar-refractivity contribution in [3.63, 3.8) is 0 Å². The minimum absolute atomic E-state index is 0.472. The first kappa shape index (κ1) is 18.5. The van der Waals surface area contributed by atoms with Crippen molar-refractivity contribution in [2.24, 2.45) is 0 Å². The number of aryl methyl sites for hydroxylation is 1. The van der Waals surface area contributed by atoms with Crippen molar-refractivity contribution in [3.05, 3.63) is 69.3 Å². The van der Waals surface area contributed by atoms with Crippen LogP contribution in [0.3, 0.4) is 0 Å². The van der Waals surface area contributed by atoms with Crippen molar-refractivity contribution >= 4 is 39.3 Å². The lowest BCUT2D eigenvalue weighted by atomic mass is 10.1. The molecule has 1 N–H and O–H groups in total. The molecule has 0 aliphatic heterocycles. The van der Waals surface area contributed by atoms with E-state index in [0.717, 1.165) is 15.6 Å². The maximum atomic E-state index is 12.4. The van der Waals surface area contributed by atoms with Gasteiger partial charge >= 0.3 is 6.09 Å². The molecule has 3 rings (SSSR count). The molecule has 1 aromatic heterocycles. The van der Waals surface area contributed by atoms with Gasteiger partial charge in [-0.25, -0.2) is 4.79 Å². The van der Waals surface area contributed by atoms with Crippen LogP contribution in [0, 0.1) is 6.92 Å². The second-order valence-electron chi connectivity index (χ2n) is 5.67. The van der Waals surface area contributed by atoms with E-state index in [1.807, 2.05) is 42.5 Å². The van der Waals surface area contributed by atoms with Crippen molar-refractivity contribution in [3.8, 4) is 11.3 Å². The van der Waals surface area contributed by atoms with E-state index >= 15 is 0 Å². The molecule has 2 aromatic carbocycles. The van der Waals surface area contributed by atoms with Gasteiger partial charge in [-0.15, -0.1) is 0 Å². The third kappa shape index (κ3) is 4.08. The van der Waals surface area contributed by atoms with Crippen LogP contribution in [0.2, 0.25) is 5.02 Å². The number of nitrogens with one attached hydrogen (secondary N) is 1. The van der Waals surface area contributed by atoms with E-state index in [2.05, 4.69) is 26.4 Å². The van der Waals surface area contributed by atoms with Crippen molar-refractivity contribution in [1.82, 2.24) is 5.16 Å². The number of carbonyl (C=O) groups excluding carboxylic acids is 1. The molecular weight excluding hydrogens is 420 g/mol. The fourth-order valence-corrected chi connectivity index (χ4v) is 3.20. The van der Waals surface area contributed by atoms with Crippen molar-refractivity contribution in [2.75, 3.05) is 5.32 Å². The summed E-state index contributed by atoms with van der Waals surface area (Å²) in [6.07, 6.45) is -1.11. The van der Waals surface area contributed by atoms with Crippen LogP contribution in [-0.4, -0.2) is 11.2 Å². The Labute approximate surface area is 164 Å². The Morgan fingerprint density at radius 1 is 1.27 bits per heavy atom. The summed E-state index contributed by atoms with van der Waals surface area (Å²) in [4.78, 5) is 12.4. The Morgan fingerprint density at radius 3 is 2.77 bits per heavy atom. The van der Waals surface area contributed by atoms with Gasteiger partial charge in [0.2, 0.25) is 0 Å². The van der Waals surface area contributed by atoms with Crippen LogP contribution in [0.5, 0.6) is 0 Å². The molecule has 0 saturated heterocycles. The van der Waals surface area contributed by atoms with Gasteiger partial charge in [0.25, 0.3) is 0 Å². The number of anilines is 1. The molecule has 0 spiro atoms. The molecule has 1 unspecified atom stereocenters. The lowest BCUT2D eigenvalue weighted by molar-refractivity contribution is 0.121. The molecule has 1 heterocycles. The molecule has 5 nitrogen and oxygen atoms in total. The molecule has 1 atom stereocenters. The molecule has 1 amide bonds. The lowest BCUT2D eigenvalue weighted by Gasteiger charge is -2.15. The quantitative estimate of drug-likeness (QED) is 0.517. The Balaban J connectivity index is 1.78. The van der Waals surface area contributed by atoms with Crippen LogP contribution in [-0.2, 0) is 4.74 Å². The van der Waals surface area contributed by atoms with E-state index in [-0.39, 0.29) is 0 Å². The summed E-state index contributed by atoms with van der Waals surface area (Å²) in [6, 6.07) is 14.8. The molecule has 134 valence electrons. The van der Waals surface area contributed by atoms with Gasteiger partial charge in [0.1, 0.15) is 17.5 Å². The second-order valence-corrected chi connectivity index (χ2v) is 6.99. The van der Waals surface area contributed by atoms with Crippen LogP contribution in [0.1, 0.15) is 24.4 Å². The predicted octanol–water partition coefficient (Wildman–Crippen LogP) is 6.38. The van der Waals surface area contributed by atoms with Gasteiger partial charge in [-0.3, -0.25) is 5.32 Å². The largest absolute Gasteiger partial charge is 0.441 e. The molecule has 26 heavy (non-hydrogen) atoms. The summed E-state index contributed by atoms with van der Waals surface area (Å²) >= 11 is 9.57. The van der Waals surface area contributed by atoms with Crippen LogP contribution in [0.25, 0.3) is 11.3 Å². The smallest absolute Gasteiger partial charge is 0.412 e. The van der Waals surface area contributed by atoms with Gasteiger partial charge in [0, 0.05) is 20.6 Å². The fraction of sp³-hybridized carbons (Fsp3) is 0.158. The number of ether oxygens (including phenoxy) is 1. The van der Waals surface area contributed by atoms with Gasteiger partial charge in [-0.05, 0) is 32.0 Å². The van der Waals surface area contributed by atoms with E-state index < -0.39 is 12.2 Å². The lowest BCUT2D eigenvalue weighted by Crippen LogP contribution is -2.17. The van der Waals surface area contributed by atoms with E-state index in [1.54, 1.807) is 19.9 Å². The number of benzene rings is 2. The average Bonchev–Trinajstić information content (AvgIpc) is 2.96. The summed E-state index contributed by atoms with van der Waals surface area (Å²) in [5.41, 5.74) is 2.55. The second kappa shape index (κ2) is 7.93. The van der Waals surface area contributed by atoms with Crippen molar-refractivity contribution in [2.45, 2.75) is 20.0 Å². The van der Waals surface area contributed by atoms with E-state index in [0.29, 0.717) is 22.2 Å². The summed E-state index contributed by atoms with van der Waals surface area (Å²) in [5.74, 6) is 0.488. The highest BCUT2D eigenvalue weighted by Gasteiger charge is 2.20. The van der Waals surface area contributed by atoms with Crippen LogP contribution < -0.4 is 5.32 Å². The SMILES string of the molecule is Cc1onc(-c2cccc(Br)c2)c1NC(=O)OC(C)c1ccccc1Cl. The molecule has 0 fully saturated rings. The van der Waals surface area contributed by atoms with E-state index in [1.165, 1.54) is 0 Å². The minimum atomic E-state index is -0.611. The highest BCUT2D eigenvalue weighted by Crippen LogP contribution is 2.32. The van der Waals surface area contributed by atoms with Gasteiger partial charge in [0.15, 0.2) is 5.76 Å². The Bertz CT molecular complexity index is 942. The normalized spacial score (nSPS) is 11.8. The van der Waals surface area contributed by atoms with Crippen molar-refractivity contribution in [1.29, 1.82) is 0 Å². The van der Waals surface area contributed by atoms with Gasteiger partial charge in [0.05, 0.1) is 0 Å². The van der Waals surface area contributed by atoms with Crippen LogP contribution in [0.4, 0.5) is 10.5 Å². The fourth-order valence-electron chi connectivity index (χ4n) is 2.51. The number of hydrogen-bond donors (Lipinski definition) is 1. The van der Waals surface area contributed by atoms with Crippen LogP contribution >= 0.6 is 27.5 Å². The Morgan fingerprint density at radius 2 is 2.04 bits per heavy atom. The van der Waals surface area contributed by atoms with Crippen molar-refractivity contribution < 1.29 is 14.1 Å². The molecule has 7 heteroatoms. The first-order valence-corrected chi connectivity index (χ1v) is 9.07. The average molecular weight is 436 g/mol. The Kier molecular flexibility index (Phi) is 5.64. The highest BCUT2D eigenvalue weighted by atomic mass is 79.9. The Hall–Kier alpha value is -2.31. The molecule has 0 saturated carbocycles. The summed E-state index contributed by atoms with van der Waals surface area (Å²) in [7, 11) is 0. The van der Waals surface area contributed by atoms with Crippen LogP contribution in [0.15, 0.2) is 57.5 Å². The van der Waals surface area contributed by atoms with Gasteiger partial charge in [-0.2, -0.15) is 0 Å². The standard InChI is InChI=1S/C19H16BrClN2O3/c1-11(15-8-3-4-9-16(15)21)25-19(24)22-17-12(2)26-23-18(17)13-6-5-7-14(20)10-13/h3-11H,1-2H3,(H,22,24). The van der Waals surface area contributed by atoms with Gasteiger partial charge in [-0.1, -0.05) is 63.0 Å². The molecule has 0 radical (unpaired) electrons. The maximum Gasteiger partial charge on any atom is 0.412 e. The molecule has 3 aromatic rings. The minimum Gasteiger partial charge on any atom is -0.441 e. The number of nitrogens with zero attached hydrogens (tertiary/aromatic N) is 1. The summed E-state index contributed by atoms with van der Waals surface area (Å²) in [5, 5.41) is 7.31. The number of hydrogen-bond acceptors (Lipinski definition) is 4. The zero-order valence-corrected chi connectivity index (χ0v) is 16.5. The zero-order chi connectivity index (χ0) is 18.7. The first-order valence-electron chi connectivity index (χ1n) is 7.90. The first-order chi connectivity index (χ1) is 12.5. The number of carbonyl (C=O) groups is 1. The number of amides is 1.